The normalized spacial score (nSPS) is 23.9. The fourth-order valence-electron chi connectivity index (χ4n) is 3.09. The van der Waals surface area contributed by atoms with Gasteiger partial charge in [-0.15, -0.1) is 0 Å². The predicted octanol–water partition coefficient (Wildman–Crippen LogP) is 1.85. The molecule has 2 aliphatic rings. The van der Waals surface area contributed by atoms with Gasteiger partial charge in [0, 0.05) is 11.8 Å². The standard InChI is InChI=1S/C15H24N4/c16-12-14-2-8-18(9-3-14)6-1-7-19-10-4-15(13-17)5-11-19/h14-15H,1-11H2. The number of likely N-dealkylation sites (tertiary alicyclic amines) is 2. The van der Waals surface area contributed by atoms with Crippen molar-refractivity contribution in [3.05, 3.63) is 0 Å². The first-order chi connectivity index (χ1) is 9.31. The molecule has 2 fully saturated rings. The highest BCUT2D eigenvalue weighted by Gasteiger charge is 2.20. The molecule has 0 saturated carbocycles. The summed E-state index contributed by atoms with van der Waals surface area (Å²) in [6, 6.07) is 4.76. The third kappa shape index (κ3) is 4.49. The molecule has 104 valence electrons. The molecule has 2 saturated heterocycles. The number of nitrogens with zero attached hydrogens (tertiary/aromatic N) is 4. The van der Waals surface area contributed by atoms with Crippen LogP contribution >= 0.6 is 0 Å². The molecule has 0 aliphatic carbocycles. The molecule has 0 amide bonds. The topological polar surface area (TPSA) is 54.1 Å². The molecule has 19 heavy (non-hydrogen) atoms. The van der Waals surface area contributed by atoms with Crippen LogP contribution in [-0.2, 0) is 0 Å². The Morgan fingerprint density at radius 3 is 1.42 bits per heavy atom. The van der Waals surface area contributed by atoms with E-state index in [2.05, 4.69) is 21.9 Å². The first-order valence-electron chi connectivity index (χ1n) is 7.55. The minimum Gasteiger partial charge on any atom is -0.303 e. The Labute approximate surface area is 116 Å². The van der Waals surface area contributed by atoms with Crippen molar-refractivity contribution in [2.24, 2.45) is 11.8 Å². The summed E-state index contributed by atoms with van der Waals surface area (Å²) in [5.41, 5.74) is 0. The first kappa shape index (κ1) is 14.3. The molecular weight excluding hydrogens is 236 g/mol. The van der Waals surface area contributed by atoms with E-state index in [4.69, 9.17) is 10.5 Å². The van der Waals surface area contributed by atoms with Crippen LogP contribution < -0.4 is 0 Å². The summed E-state index contributed by atoms with van der Waals surface area (Å²) in [6.45, 7) is 6.69. The maximum absolute atomic E-state index is 8.87. The summed E-state index contributed by atoms with van der Waals surface area (Å²) in [6.07, 6.45) is 5.40. The smallest absolute Gasteiger partial charge is 0.0656 e. The van der Waals surface area contributed by atoms with Crippen molar-refractivity contribution >= 4 is 0 Å². The molecule has 2 aliphatic heterocycles. The van der Waals surface area contributed by atoms with Crippen molar-refractivity contribution in [2.75, 3.05) is 39.3 Å². The summed E-state index contributed by atoms with van der Waals surface area (Å²) in [5, 5.41) is 17.7. The van der Waals surface area contributed by atoms with Crippen LogP contribution in [0.4, 0.5) is 0 Å². The number of rotatable bonds is 4. The summed E-state index contributed by atoms with van der Waals surface area (Å²) in [7, 11) is 0. The molecule has 0 aromatic carbocycles. The average molecular weight is 260 g/mol. The molecule has 0 atom stereocenters. The van der Waals surface area contributed by atoms with Crippen LogP contribution in [0.1, 0.15) is 32.1 Å². The zero-order chi connectivity index (χ0) is 13.5. The van der Waals surface area contributed by atoms with Gasteiger partial charge in [0.15, 0.2) is 0 Å². The number of nitriles is 2. The van der Waals surface area contributed by atoms with E-state index >= 15 is 0 Å². The van der Waals surface area contributed by atoms with Crippen molar-refractivity contribution in [3.8, 4) is 12.1 Å². The lowest BCUT2D eigenvalue weighted by molar-refractivity contribution is 0.169. The molecule has 4 nitrogen and oxygen atoms in total. The molecule has 0 aromatic heterocycles. The van der Waals surface area contributed by atoms with E-state index in [-0.39, 0.29) is 0 Å². The second-order valence-corrected chi connectivity index (χ2v) is 5.84. The quantitative estimate of drug-likeness (QED) is 0.774. The maximum atomic E-state index is 8.87. The molecule has 2 rings (SSSR count). The van der Waals surface area contributed by atoms with Crippen LogP contribution in [0, 0.1) is 34.5 Å². The second-order valence-electron chi connectivity index (χ2n) is 5.84. The third-order valence-electron chi connectivity index (χ3n) is 4.49. The van der Waals surface area contributed by atoms with Gasteiger partial charge in [0.2, 0.25) is 0 Å². The van der Waals surface area contributed by atoms with Crippen LogP contribution in [0.5, 0.6) is 0 Å². The summed E-state index contributed by atoms with van der Waals surface area (Å²) < 4.78 is 0. The SMILES string of the molecule is N#CC1CCN(CCCN2CCC(C#N)CC2)CC1. The minimum atomic E-state index is 0.293. The van der Waals surface area contributed by atoms with Gasteiger partial charge in [0.1, 0.15) is 0 Å². The van der Waals surface area contributed by atoms with E-state index in [0.29, 0.717) is 11.8 Å². The molecule has 2 heterocycles. The highest BCUT2D eigenvalue weighted by molar-refractivity contribution is 4.88. The summed E-state index contributed by atoms with van der Waals surface area (Å²) >= 11 is 0. The zero-order valence-electron chi connectivity index (χ0n) is 11.7. The Balaban J connectivity index is 1.55. The fraction of sp³-hybridized carbons (Fsp3) is 0.867. The van der Waals surface area contributed by atoms with Gasteiger partial charge < -0.3 is 9.80 Å². The molecule has 0 aromatic rings. The first-order valence-corrected chi connectivity index (χ1v) is 7.55. The Morgan fingerprint density at radius 2 is 1.11 bits per heavy atom. The molecule has 0 unspecified atom stereocenters. The van der Waals surface area contributed by atoms with E-state index < -0.39 is 0 Å². The lowest BCUT2D eigenvalue weighted by Gasteiger charge is -2.32. The van der Waals surface area contributed by atoms with Gasteiger partial charge in [-0.2, -0.15) is 10.5 Å². The summed E-state index contributed by atoms with van der Waals surface area (Å²) in [5.74, 6) is 0.586. The minimum absolute atomic E-state index is 0.293. The van der Waals surface area contributed by atoms with Crippen LogP contribution in [0.3, 0.4) is 0 Å². The average Bonchev–Trinajstić information content (AvgIpc) is 2.49. The molecule has 0 radical (unpaired) electrons. The van der Waals surface area contributed by atoms with Gasteiger partial charge in [-0.05, 0) is 71.4 Å². The van der Waals surface area contributed by atoms with Crippen LogP contribution in [0.25, 0.3) is 0 Å². The highest BCUT2D eigenvalue weighted by Crippen LogP contribution is 2.18. The third-order valence-corrected chi connectivity index (χ3v) is 4.49. The Bertz CT molecular complexity index is 304. The van der Waals surface area contributed by atoms with Gasteiger partial charge in [-0.1, -0.05) is 0 Å². The highest BCUT2D eigenvalue weighted by atomic mass is 15.2. The lowest BCUT2D eigenvalue weighted by Crippen LogP contribution is -2.38. The van der Waals surface area contributed by atoms with Crippen molar-refractivity contribution in [3.63, 3.8) is 0 Å². The number of hydrogen-bond acceptors (Lipinski definition) is 4. The Morgan fingerprint density at radius 1 is 0.737 bits per heavy atom. The lowest BCUT2D eigenvalue weighted by atomic mass is 9.98. The maximum Gasteiger partial charge on any atom is 0.0656 e. The van der Waals surface area contributed by atoms with Crippen LogP contribution in [0.15, 0.2) is 0 Å². The van der Waals surface area contributed by atoms with Crippen molar-refractivity contribution < 1.29 is 0 Å². The van der Waals surface area contributed by atoms with Crippen LogP contribution in [0.2, 0.25) is 0 Å². The van der Waals surface area contributed by atoms with Crippen molar-refractivity contribution in [1.29, 1.82) is 10.5 Å². The van der Waals surface area contributed by atoms with Crippen molar-refractivity contribution in [1.82, 2.24) is 9.80 Å². The molecule has 0 spiro atoms. The zero-order valence-corrected chi connectivity index (χ0v) is 11.7. The Kier molecular flexibility index (Phi) is 5.63. The van der Waals surface area contributed by atoms with E-state index in [0.717, 1.165) is 65.0 Å². The number of hydrogen-bond donors (Lipinski definition) is 0. The largest absolute Gasteiger partial charge is 0.303 e. The summed E-state index contributed by atoms with van der Waals surface area (Å²) in [4.78, 5) is 4.99. The molecular formula is C15H24N4. The second kappa shape index (κ2) is 7.48. The van der Waals surface area contributed by atoms with Gasteiger partial charge in [-0.3, -0.25) is 0 Å². The fourth-order valence-corrected chi connectivity index (χ4v) is 3.09. The number of piperidine rings is 2. The van der Waals surface area contributed by atoms with Crippen LogP contribution in [-0.4, -0.2) is 49.1 Å². The Hall–Kier alpha value is -1.10. The van der Waals surface area contributed by atoms with Gasteiger partial charge in [-0.25, -0.2) is 0 Å². The van der Waals surface area contributed by atoms with E-state index in [1.165, 1.54) is 6.42 Å². The monoisotopic (exact) mass is 260 g/mol. The molecule has 0 N–H and O–H groups in total. The van der Waals surface area contributed by atoms with Crippen molar-refractivity contribution in [2.45, 2.75) is 32.1 Å². The van der Waals surface area contributed by atoms with E-state index in [1.807, 2.05) is 0 Å². The van der Waals surface area contributed by atoms with Gasteiger partial charge in [0.05, 0.1) is 12.1 Å². The van der Waals surface area contributed by atoms with E-state index in [9.17, 15) is 0 Å². The molecule has 4 heteroatoms. The molecule has 0 bridgehead atoms. The van der Waals surface area contributed by atoms with E-state index in [1.54, 1.807) is 0 Å². The van der Waals surface area contributed by atoms with Gasteiger partial charge >= 0.3 is 0 Å². The predicted molar refractivity (Wildman–Crippen MR) is 74.2 cm³/mol. The van der Waals surface area contributed by atoms with Gasteiger partial charge in [0.25, 0.3) is 0 Å².